The smallest absolute Gasteiger partial charge is 0.142 e. The SMILES string of the molecule is CCCCC[SiH2]C#N. The number of nitrogens with zero attached hydrogens (tertiary/aromatic N) is 1. The Balaban J connectivity index is 2.65. The van der Waals surface area contributed by atoms with Gasteiger partial charge in [-0.3, -0.25) is 0 Å². The lowest BCUT2D eigenvalue weighted by Crippen LogP contribution is -1.82. The predicted molar refractivity (Wildman–Crippen MR) is 38.5 cm³/mol. The molecule has 0 rings (SSSR count). The van der Waals surface area contributed by atoms with Crippen LogP contribution >= 0.6 is 0 Å². The van der Waals surface area contributed by atoms with Crippen LogP contribution in [0.3, 0.4) is 0 Å². The van der Waals surface area contributed by atoms with Crippen LogP contribution in [0.5, 0.6) is 0 Å². The summed E-state index contributed by atoms with van der Waals surface area (Å²) in [4.78, 5) is 0. The van der Waals surface area contributed by atoms with E-state index in [2.05, 4.69) is 12.6 Å². The molecule has 1 nitrogen and oxygen atoms in total. The summed E-state index contributed by atoms with van der Waals surface area (Å²) in [6.45, 7) is 2.19. The summed E-state index contributed by atoms with van der Waals surface area (Å²) in [5.74, 6) is 0. The summed E-state index contributed by atoms with van der Waals surface area (Å²) < 4.78 is 0. The van der Waals surface area contributed by atoms with Crippen LogP contribution in [-0.4, -0.2) is 9.52 Å². The second kappa shape index (κ2) is 6.71. The maximum Gasteiger partial charge on any atom is 0.142 e. The normalized spacial score (nSPS) is 10.0. The van der Waals surface area contributed by atoms with Crippen LogP contribution in [0.25, 0.3) is 0 Å². The molecule has 0 spiro atoms. The van der Waals surface area contributed by atoms with E-state index in [1.165, 1.54) is 25.3 Å². The number of unbranched alkanes of at least 4 members (excludes halogenated alkanes) is 2. The van der Waals surface area contributed by atoms with E-state index in [0.29, 0.717) is 0 Å². The largest absolute Gasteiger partial charge is 0.208 e. The highest BCUT2D eigenvalue weighted by Gasteiger charge is 1.84. The second-order valence-corrected chi connectivity index (χ2v) is 3.49. The van der Waals surface area contributed by atoms with Gasteiger partial charge in [0.15, 0.2) is 0 Å². The molecule has 0 atom stereocenters. The molecule has 0 bridgehead atoms. The fraction of sp³-hybridized carbons (Fsp3) is 0.833. The minimum absolute atomic E-state index is 0.293. The van der Waals surface area contributed by atoms with Crippen molar-refractivity contribution in [3.8, 4) is 5.69 Å². The zero-order valence-corrected chi connectivity index (χ0v) is 6.90. The van der Waals surface area contributed by atoms with Crippen molar-refractivity contribution in [1.29, 1.82) is 5.26 Å². The molecular formula is C6H13NSi. The van der Waals surface area contributed by atoms with Gasteiger partial charge in [-0.15, -0.1) is 0 Å². The van der Waals surface area contributed by atoms with Crippen LogP contribution in [0.4, 0.5) is 0 Å². The van der Waals surface area contributed by atoms with Crippen molar-refractivity contribution in [3.63, 3.8) is 0 Å². The Morgan fingerprint density at radius 2 is 2.25 bits per heavy atom. The van der Waals surface area contributed by atoms with Crippen LogP contribution in [0.1, 0.15) is 26.2 Å². The third-order valence-corrected chi connectivity index (χ3v) is 2.22. The van der Waals surface area contributed by atoms with Crippen molar-refractivity contribution < 1.29 is 0 Å². The van der Waals surface area contributed by atoms with Gasteiger partial charge in [0.25, 0.3) is 0 Å². The summed E-state index contributed by atoms with van der Waals surface area (Å²) >= 11 is 0. The van der Waals surface area contributed by atoms with Gasteiger partial charge in [-0.1, -0.05) is 26.2 Å². The molecule has 0 radical (unpaired) electrons. The molecule has 0 fully saturated rings. The molecule has 0 unspecified atom stereocenters. The molecule has 0 aliphatic rings. The second-order valence-electron chi connectivity index (χ2n) is 1.97. The maximum absolute atomic E-state index is 8.18. The van der Waals surface area contributed by atoms with E-state index in [4.69, 9.17) is 5.26 Å². The van der Waals surface area contributed by atoms with E-state index >= 15 is 0 Å². The third-order valence-electron chi connectivity index (χ3n) is 1.14. The van der Waals surface area contributed by atoms with Crippen LogP contribution < -0.4 is 0 Å². The fourth-order valence-electron chi connectivity index (χ4n) is 0.631. The number of hydrogen-bond donors (Lipinski definition) is 0. The molecule has 0 aliphatic carbocycles. The van der Waals surface area contributed by atoms with E-state index in [1.807, 2.05) is 0 Å². The van der Waals surface area contributed by atoms with Gasteiger partial charge in [0.1, 0.15) is 9.52 Å². The van der Waals surface area contributed by atoms with Crippen LogP contribution in [0, 0.1) is 11.0 Å². The zero-order chi connectivity index (χ0) is 6.24. The lowest BCUT2D eigenvalue weighted by atomic mass is 10.3. The van der Waals surface area contributed by atoms with Gasteiger partial charge in [0.05, 0.1) is 0 Å². The van der Waals surface area contributed by atoms with E-state index in [1.54, 1.807) is 0 Å². The molecule has 0 saturated carbocycles. The zero-order valence-electron chi connectivity index (χ0n) is 5.48. The molecule has 0 aromatic rings. The van der Waals surface area contributed by atoms with Crippen molar-refractivity contribution in [2.75, 3.05) is 0 Å². The first kappa shape index (κ1) is 7.71. The van der Waals surface area contributed by atoms with Crippen LogP contribution in [0.2, 0.25) is 6.04 Å². The van der Waals surface area contributed by atoms with Crippen LogP contribution in [-0.2, 0) is 0 Å². The number of rotatable bonds is 4. The Bertz CT molecular complexity index is 75.1. The Morgan fingerprint density at radius 1 is 1.50 bits per heavy atom. The highest BCUT2D eigenvalue weighted by Crippen LogP contribution is 1.96. The lowest BCUT2D eigenvalue weighted by Gasteiger charge is -1.88. The molecule has 0 aliphatic heterocycles. The van der Waals surface area contributed by atoms with Gasteiger partial charge in [-0.2, -0.15) is 0 Å². The maximum atomic E-state index is 8.18. The minimum Gasteiger partial charge on any atom is -0.208 e. The highest BCUT2D eigenvalue weighted by atomic mass is 28.2. The molecule has 0 aromatic heterocycles. The van der Waals surface area contributed by atoms with Crippen molar-refractivity contribution in [2.24, 2.45) is 0 Å². The number of hydrogen-bond acceptors (Lipinski definition) is 1. The average Bonchev–Trinajstić information content (AvgIpc) is 1.81. The fourth-order valence-corrected chi connectivity index (χ4v) is 1.39. The van der Waals surface area contributed by atoms with E-state index in [0.717, 1.165) is 0 Å². The van der Waals surface area contributed by atoms with Crippen LogP contribution in [0.15, 0.2) is 0 Å². The topological polar surface area (TPSA) is 23.8 Å². The molecule has 0 saturated heterocycles. The molecule has 0 aromatic carbocycles. The monoisotopic (exact) mass is 127 g/mol. The molecular weight excluding hydrogens is 114 g/mol. The molecule has 0 amide bonds. The summed E-state index contributed by atoms with van der Waals surface area (Å²) in [5, 5.41) is 8.18. The molecule has 8 heavy (non-hydrogen) atoms. The van der Waals surface area contributed by atoms with E-state index < -0.39 is 0 Å². The Morgan fingerprint density at radius 3 is 2.75 bits per heavy atom. The number of nitriles is 1. The molecule has 0 heterocycles. The molecule has 46 valence electrons. The quantitative estimate of drug-likeness (QED) is 0.412. The summed E-state index contributed by atoms with van der Waals surface area (Å²) in [7, 11) is -0.293. The molecule has 0 N–H and O–H groups in total. The Hall–Kier alpha value is -0.293. The lowest BCUT2D eigenvalue weighted by molar-refractivity contribution is 0.769. The van der Waals surface area contributed by atoms with E-state index in [9.17, 15) is 0 Å². The van der Waals surface area contributed by atoms with Crippen molar-refractivity contribution in [2.45, 2.75) is 32.2 Å². The summed E-state index contributed by atoms with van der Waals surface area (Å²) in [5.41, 5.74) is 2.27. The van der Waals surface area contributed by atoms with Crippen molar-refractivity contribution in [3.05, 3.63) is 0 Å². The van der Waals surface area contributed by atoms with Crippen molar-refractivity contribution >= 4 is 9.52 Å². The summed E-state index contributed by atoms with van der Waals surface area (Å²) in [6.07, 6.45) is 3.88. The first-order chi connectivity index (χ1) is 3.91. The average molecular weight is 127 g/mol. The van der Waals surface area contributed by atoms with Gasteiger partial charge in [-0.05, 0) is 6.04 Å². The van der Waals surface area contributed by atoms with Gasteiger partial charge in [0.2, 0.25) is 0 Å². The van der Waals surface area contributed by atoms with E-state index in [-0.39, 0.29) is 9.52 Å². The van der Waals surface area contributed by atoms with Gasteiger partial charge in [-0.25, -0.2) is 5.26 Å². The predicted octanol–water partition coefficient (Wildman–Crippen LogP) is 1.24. The van der Waals surface area contributed by atoms with Gasteiger partial charge < -0.3 is 0 Å². The highest BCUT2D eigenvalue weighted by molar-refractivity contribution is 6.44. The first-order valence-electron chi connectivity index (χ1n) is 3.28. The van der Waals surface area contributed by atoms with Crippen molar-refractivity contribution in [1.82, 2.24) is 0 Å². The first-order valence-corrected chi connectivity index (χ1v) is 4.99. The van der Waals surface area contributed by atoms with Gasteiger partial charge >= 0.3 is 0 Å². The third kappa shape index (κ3) is 5.71. The Labute approximate surface area is 53.5 Å². The Kier molecular flexibility index (Phi) is 6.46. The molecule has 2 heteroatoms. The standard InChI is InChI=1S/C6H13NSi/c1-2-3-4-5-8-6-7/h2-5,8H2,1H3. The summed E-state index contributed by atoms with van der Waals surface area (Å²) in [6, 6.07) is 1.23. The minimum atomic E-state index is -0.293. The van der Waals surface area contributed by atoms with Gasteiger partial charge in [0, 0.05) is 5.69 Å².